The van der Waals surface area contributed by atoms with Crippen molar-refractivity contribution < 1.29 is 18.3 Å². The van der Waals surface area contributed by atoms with Gasteiger partial charge < -0.3 is 4.74 Å². The van der Waals surface area contributed by atoms with Gasteiger partial charge in [-0.3, -0.25) is 4.57 Å². The van der Waals surface area contributed by atoms with Gasteiger partial charge in [0.2, 0.25) is 0 Å². The zero-order valence-electron chi connectivity index (χ0n) is 11.2. The fourth-order valence-corrected chi connectivity index (χ4v) is 1.68. The summed E-state index contributed by atoms with van der Waals surface area (Å²) < 4.78 is 32.3. The average molecular weight is 297 g/mol. The van der Waals surface area contributed by atoms with Gasteiger partial charge in [0.05, 0.1) is 5.69 Å². The number of aromatic nitrogens is 5. The Balaban J connectivity index is 2.18. The minimum absolute atomic E-state index is 0.0229. The van der Waals surface area contributed by atoms with E-state index in [-0.39, 0.29) is 24.7 Å². The molecule has 0 N–H and O–H groups in total. The van der Waals surface area contributed by atoms with Gasteiger partial charge in [-0.15, -0.1) is 5.10 Å². The maximum absolute atomic E-state index is 12.7. The molecule has 0 aliphatic carbocycles. The standard InChI is InChI=1S/C12H13F2N5O2/c1-3-6-21-11(20)10-8(2)19(17-16-10)7-9-15-4-5-18(9)12(13)14/h3-5,12H,1,6-7H2,2H3. The lowest BCUT2D eigenvalue weighted by Crippen LogP contribution is -2.12. The van der Waals surface area contributed by atoms with Gasteiger partial charge in [0, 0.05) is 12.4 Å². The van der Waals surface area contributed by atoms with Crippen LogP contribution in [0.2, 0.25) is 0 Å². The maximum atomic E-state index is 12.7. The number of hydrogen-bond acceptors (Lipinski definition) is 5. The molecule has 0 radical (unpaired) electrons. The van der Waals surface area contributed by atoms with Gasteiger partial charge in [-0.05, 0) is 6.92 Å². The summed E-state index contributed by atoms with van der Waals surface area (Å²) in [7, 11) is 0. The third-order valence-corrected chi connectivity index (χ3v) is 2.76. The summed E-state index contributed by atoms with van der Waals surface area (Å²) in [5.41, 5.74) is 0.444. The van der Waals surface area contributed by atoms with E-state index in [4.69, 9.17) is 4.74 Å². The van der Waals surface area contributed by atoms with Crippen LogP contribution in [0, 0.1) is 6.92 Å². The van der Waals surface area contributed by atoms with Gasteiger partial charge >= 0.3 is 12.5 Å². The number of imidazole rings is 1. The molecule has 0 saturated heterocycles. The van der Waals surface area contributed by atoms with Gasteiger partial charge in [0.1, 0.15) is 19.0 Å². The summed E-state index contributed by atoms with van der Waals surface area (Å²) in [6.45, 7) is 2.37. The van der Waals surface area contributed by atoms with Crippen LogP contribution in [0.1, 0.15) is 28.6 Å². The van der Waals surface area contributed by atoms with Crippen LogP contribution in [-0.2, 0) is 11.3 Å². The molecular weight excluding hydrogens is 284 g/mol. The minimum Gasteiger partial charge on any atom is -0.457 e. The Bertz CT molecular complexity index is 650. The minimum atomic E-state index is -2.69. The smallest absolute Gasteiger partial charge is 0.361 e. The van der Waals surface area contributed by atoms with Gasteiger partial charge in [-0.2, -0.15) is 8.78 Å². The van der Waals surface area contributed by atoms with Crippen molar-refractivity contribution in [1.82, 2.24) is 24.5 Å². The molecule has 0 aromatic carbocycles. The van der Waals surface area contributed by atoms with E-state index in [0.717, 1.165) is 4.57 Å². The first-order valence-electron chi connectivity index (χ1n) is 6.02. The first kappa shape index (κ1) is 14.8. The number of carbonyl (C=O) groups excluding carboxylic acids is 1. The van der Waals surface area contributed by atoms with Crippen LogP contribution >= 0.6 is 0 Å². The average Bonchev–Trinajstić information content (AvgIpc) is 3.05. The Kier molecular flexibility index (Phi) is 4.41. The number of nitrogens with zero attached hydrogens (tertiary/aromatic N) is 5. The van der Waals surface area contributed by atoms with Crippen molar-refractivity contribution >= 4 is 5.97 Å². The Morgan fingerprint density at radius 2 is 2.33 bits per heavy atom. The first-order chi connectivity index (χ1) is 10.0. The van der Waals surface area contributed by atoms with Crippen LogP contribution in [0.15, 0.2) is 25.0 Å². The highest BCUT2D eigenvalue weighted by atomic mass is 19.3. The van der Waals surface area contributed by atoms with Gasteiger partial charge in [0.25, 0.3) is 0 Å². The molecule has 0 fully saturated rings. The second-order valence-electron chi connectivity index (χ2n) is 4.10. The van der Waals surface area contributed by atoms with Crippen LogP contribution in [-0.4, -0.2) is 37.1 Å². The van der Waals surface area contributed by atoms with E-state index in [1.165, 1.54) is 23.2 Å². The van der Waals surface area contributed by atoms with Crippen LogP contribution < -0.4 is 0 Å². The van der Waals surface area contributed by atoms with Crippen molar-refractivity contribution in [3.05, 3.63) is 42.3 Å². The predicted octanol–water partition coefficient (Wildman–Crippen LogP) is 1.57. The quantitative estimate of drug-likeness (QED) is 0.597. The van der Waals surface area contributed by atoms with E-state index in [1.54, 1.807) is 6.92 Å². The van der Waals surface area contributed by atoms with Gasteiger partial charge in [-0.1, -0.05) is 17.9 Å². The fraction of sp³-hybridized carbons (Fsp3) is 0.333. The monoisotopic (exact) mass is 297 g/mol. The van der Waals surface area contributed by atoms with Gasteiger partial charge in [-0.25, -0.2) is 14.5 Å². The molecule has 2 rings (SSSR count). The van der Waals surface area contributed by atoms with E-state index in [0.29, 0.717) is 5.69 Å². The van der Waals surface area contributed by atoms with Crippen LogP contribution in [0.25, 0.3) is 0 Å². The van der Waals surface area contributed by atoms with Crippen molar-refractivity contribution in [3.63, 3.8) is 0 Å². The molecule has 2 heterocycles. The molecule has 0 aliphatic rings. The lowest BCUT2D eigenvalue weighted by atomic mass is 10.3. The predicted molar refractivity (Wildman–Crippen MR) is 67.8 cm³/mol. The Labute approximate surface area is 118 Å². The van der Waals surface area contributed by atoms with Crippen LogP contribution in [0.4, 0.5) is 8.78 Å². The second kappa shape index (κ2) is 6.25. The van der Waals surface area contributed by atoms with Crippen molar-refractivity contribution in [3.8, 4) is 0 Å². The molecule has 0 saturated carbocycles. The summed E-state index contributed by atoms with van der Waals surface area (Å²) in [4.78, 5) is 15.5. The molecule has 2 aromatic rings. The maximum Gasteiger partial charge on any atom is 0.361 e. The first-order valence-corrected chi connectivity index (χ1v) is 6.02. The van der Waals surface area contributed by atoms with E-state index >= 15 is 0 Å². The molecule has 9 heteroatoms. The normalized spacial score (nSPS) is 10.9. The van der Waals surface area contributed by atoms with Crippen molar-refractivity contribution in [2.75, 3.05) is 6.61 Å². The third kappa shape index (κ3) is 3.12. The molecule has 0 unspecified atom stereocenters. The van der Waals surface area contributed by atoms with E-state index in [1.807, 2.05) is 0 Å². The molecule has 112 valence electrons. The molecule has 7 nitrogen and oxygen atoms in total. The summed E-state index contributed by atoms with van der Waals surface area (Å²) in [5, 5.41) is 7.47. The summed E-state index contributed by atoms with van der Waals surface area (Å²) >= 11 is 0. The Morgan fingerprint density at radius 3 is 3.00 bits per heavy atom. The number of carbonyl (C=O) groups is 1. The lowest BCUT2D eigenvalue weighted by molar-refractivity contribution is 0.0541. The molecule has 0 amide bonds. The largest absolute Gasteiger partial charge is 0.457 e. The highest BCUT2D eigenvalue weighted by Gasteiger charge is 2.19. The molecule has 0 spiro atoms. The molecule has 0 aliphatic heterocycles. The molecular formula is C12H13F2N5O2. The number of halogens is 2. The van der Waals surface area contributed by atoms with E-state index in [2.05, 4.69) is 21.9 Å². The number of alkyl halides is 2. The molecule has 0 atom stereocenters. The number of esters is 1. The summed E-state index contributed by atoms with van der Waals surface area (Å²) in [6.07, 6.45) is 3.87. The SMILES string of the molecule is C=CCOC(=O)c1nnn(Cc2nccn2C(F)F)c1C. The second-order valence-corrected chi connectivity index (χ2v) is 4.10. The molecule has 0 bridgehead atoms. The van der Waals surface area contributed by atoms with E-state index < -0.39 is 12.5 Å². The summed E-state index contributed by atoms with van der Waals surface area (Å²) in [5.74, 6) is -0.528. The van der Waals surface area contributed by atoms with Gasteiger partial charge in [0.15, 0.2) is 5.69 Å². The number of rotatable bonds is 6. The van der Waals surface area contributed by atoms with Crippen molar-refractivity contribution in [2.45, 2.75) is 20.0 Å². The third-order valence-electron chi connectivity index (χ3n) is 2.76. The van der Waals surface area contributed by atoms with Crippen LogP contribution in [0.3, 0.4) is 0 Å². The zero-order chi connectivity index (χ0) is 15.4. The number of ether oxygens (including phenoxy) is 1. The molecule has 2 aromatic heterocycles. The Hall–Kier alpha value is -2.58. The lowest BCUT2D eigenvalue weighted by Gasteiger charge is -2.07. The topological polar surface area (TPSA) is 74.8 Å². The zero-order valence-corrected chi connectivity index (χ0v) is 11.2. The van der Waals surface area contributed by atoms with Crippen molar-refractivity contribution in [2.24, 2.45) is 0 Å². The van der Waals surface area contributed by atoms with E-state index in [9.17, 15) is 13.6 Å². The van der Waals surface area contributed by atoms with Crippen molar-refractivity contribution in [1.29, 1.82) is 0 Å². The fourth-order valence-electron chi connectivity index (χ4n) is 1.68. The summed E-state index contributed by atoms with van der Waals surface area (Å²) in [6, 6.07) is 0. The highest BCUT2D eigenvalue weighted by molar-refractivity contribution is 5.88. The van der Waals surface area contributed by atoms with Crippen LogP contribution in [0.5, 0.6) is 0 Å². The highest BCUT2D eigenvalue weighted by Crippen LogP contribution is 2.14. The Morgan fingerprint density at radius 1 is 1.57 bits per heavy atom. The number of hydrogen-bond donors (Lipinski definition) is 0. The molecule has 21 heavy (non-hydrogen) atoms.